The Morgan fingerprint density at radius 1 is 0.949 bits per heavy atom. The summed E-state index contributed by atoms with van der Waals surface area (Å²) in [6.07, 6.45) is 0. The lowest BCUT2D eigenvalue weighted by atomic mass is 10.1. The molecule has 0 aliphatic heterocycles. The molecule has 0 heterocycles. The number of carbonyl (C=O) groups excluding carboxylic acids is 2. The number of nitrogens with zero attached hydrogens (tertiary/aromatic N) is 2. The molecule has 12 heteroatoms. The number of amides is 2. The molecule has 2 amide bonds. The number of benzene rings is 3. The quantitative estimate of drug-likeness (QED) is 0.354. The van der Waals surface area contributed by atoms with Crippen molar-refractivity contribution in [1.82, 2.24) is 10.2 Å². The van der Waals surface area contributed by atoms with E-state index in [0.717, 1.165) is 4.31 Å². The lowest BCUT2D eigenvalue weighted by Gasteiger charge is -2.32. The largest absolute Gasteiger partial charge is 0.497 e. The number of rotatable bonds is 11. The van der Waals surface area contributed by atoms with Crippen molar-refractivity contribution >= 4 is 50.7 Å². The van der Waals surface area contributed by atoms with Gasteiger partial charge in [0.15, 0.2) is 0 Å². The van der Waals surface area contributed by atoms with Crippen molar-refractivity contribution in [2.24, 2.45) is 0 Å². The predicted octanol–water partition coefficient (Wildman–Crippen LogP) is 4.37. The molecular formula is C27H29Cl2N3O6S. The van der Waals surface area contributed by atoms with Crippen LogP contribution in [0, 0.1) is 0 Å². The van der Waals surface area contributed by atoms with Crippen LogP contribution in [0.15, 0.2) is 71.6 Å². The van der Waals surface area contributed by atoms with Crippen molar-refractivity contribution in [3.05, 3.63) is 82.3 Å². The monoisotopic (exact) mass is 593 g/mol. The van der Waals surface area contributed by atoms with Crippen molar-refractivity contribution in [1.29, 1.82) is 0 Å². The Morgan fingerprint density at radius 3 is 2.15 bits per heavy atom. The average Bonchev–Trinajstić information content (AvgIpc) is 2.94. The first-order valence-electron chi connectivity index (χ1n) is 11.8. The molecule has 1 atom stereocenters. The molecule has 39 heavy (non-hydrogen) atoms. The maximum Gasteiger partial charge on any atom is 0.264 e. The third kappa shape index (κ3) is 6.76. The fourth-order valence-electron chi connectivity index (χ4n) is 3.87. The van der Waals surface area contributed by atoms with E-state index >= 15 is 0 Å². The third-order valence-electron chi connectivity index (χ3n) is 6.07. The van der Waals surface area contributed by atoms with Crippen LogP contribution in [0.4, 0.5) is 5.69 Å². The Hall–Kier alpha value is -3.47. The van der Waals surface area contributed by atoms with Crippen molar-refractivity contribution in [2.45, 2.75) is 24.4 Å². The van der Waals surface area contributed by atoms with Crippen LogP contribution in [0.25, 0.3) is 0 Å². The van der Waals surface area contributed by atoms with Gasteiger partial charge in [0, 0.05) is 35.3 Å². The van der Waals surface area contributed by atoms with Gasteiger partial charge in [-0.15, -0.1) is 0 Å². The smallest absolute Gasteiger partial charge is 0.264 e. The average molecular weight is 595 g/mol. The highest BCUT2D eigenvalue weighted by Gasteiger charge is 2.34. The molecule has 0 aliphatic carbocycles. The van der Waals surface area contributed by atoms with Gasteiger partial charge in [-0.3, -0.25) is 13.9 Å². The SMILES string of the molecule is CNC(=O)[C@H](C)N(Cc1c(Cl)cccc1Cl)C(=O)CN(c1cc(OC)ccc1OC)S(=O)(=O)c1ccccc1. The van der Waals surface area contributed by atoms with E-state index in [1.54, 1.807) is 48.5 Å². The molecule has 0 aliphatic rings. The van der Waals surface area contributed by atoms with E-state index in [1.807, 2.05) is 0 Å². The predicted molar refractivity (Wildman–Crippen MR) is 151 cm³/mol. The minimum absolute atomic E-state index is 0.0391. The second-order valence-electron chi connectivity index (χ2n) is 8.37. The molecule has 0 saturated carbocycles. The zero-order chi connectivity index (χ0) is 28.7. The fourth-order valence-corrected chi connectivity index (χ4v) is 5.82. The summed E-state index contributed by atoms with van der Waals surface area (Å²) in [7, 11) is -0.0156. The van der Waals surface area contributed by atoms with Gasteiger partial charge in [0.2, 0.25) is 11.8 Å². The standard InChI is InChI=1S/C27H29Cl2N3O6S/c1-18(27(34)30-2)31(16-21-22(28)11-8-12-23(21)29)26(33)17-32(39(35,36)20-9-6-5-7-10-20)24-15-19(37-3)13-14-25(24)38-4/h5-15,18H,16-17H2,1-4H3,(H,30,34)/t18-/m0/s1. The van der Waals surface area contributed by atoms with Gasteiger partial charge in [0.05, 0.1) is 24.8 Å². The Labute approximate surface area is 238 Å². The fraction of sp³-hybridized carbons (Fsp3) is 0.259. The van der Waals surface area contributed by atoms with E-state index < -0.39 is 34.4 Å². The Kier molecular flexibility index (Phi) is 10.1. The number of hydrogen-bond donors (Lipinski definition) is 1. The molecule has 9 nitrogen and oxygen atoms in total. The first kappa shape index (κ1) is 30.1. The van der Waals surface area contributed by atoms with E-state index in [-0.39, 0.29) is 22.9 Å². The summed E-state index contributed by atoms with van der Waals surface area (Å²) in [5.41, 5.74) is 0.499. The molecular weight excluding hydrogens is 565 g/mol. The molecule has 0 bridgehead atoms. The van der Waals surface area contributed by atoms with Gasteiger partial charge < -0.3 is 19.7 Å². The van der Waals surface area contributed by atoms with Crippen LogP contribution in [-0.2, 0) is 26.2 Å². The molecule has 0 saturated heterocycles. The highest BCUT2D eigenvalue weighted by Crippen LogP contribution is 2.36. The first-order valence-corrected chi connectivity index (χ1v) is 14.0. The van der Waals surface area contributed by atoms with E-state index in [0.29, 0.717) is 21.4 Å². The van der Waals surface area contributed by atoms with Gasteiger partial charge in [-0.2, -0.15) is 0 Å². The van der Waals surface area contributed by atoms with Crippen LogP contribution < -0.4 is 19.1 Å². The number of methoxy groups -OCH3 is 2. The minimum Gasteiger partial charge on any atom is -0.497 e. The van der Waals surface area contributed by atoms with Crippen LogP contribution in [0.1, 0.15) is 12.5 Å². The number of hydrogen-bond acceptors (Lipinski definition) is 6. The summed E-state index contributed by atoms with van der Waals surface area (Å²) >= 11 is 12.7. The van der Waals surface area contributed by atoms with Crippen molar-refractivity contribution in [2.75, 3.05) is 32.1 Å². The first-order chi connectivity index (χ1) is 18.5. The summed E-state index contributed by atoms with van der Waals surface area (Å²) in [5, 5.41) is 3.12. The van der Waals surface area contributed by atoms with Gasteiger partial charge in [-0.1, -0.05) is 47.5 Å². The third-order valence-corrected chi connectivity index (χ3v) is 8.55. The van der Waals surface area contributed by atoms with Gasteiger partial charge in [0.1, 0.15) is 24.1 Å². The van der Waals surface area contributed by atoms with Crippen molar-refractivity contribution in [3.8, 4) is 11.5 Å². The molecule has 0 spiro atoms. The number of likely N-dealkylation sites (N-methyl/N-ethyl adjacent to an activating group) is 1. The lowest BCUT2D eigenvalue weighted by Crippen LogP contribution is -2.50. The molecule has 3 rings (SSSR count). The van der Waals surface area contributed by atoms with Crippen molar-refractivity contribution < 1.29 is 27.5 Å². The second-order valence-corrected chi connectivity index (χ2v) is 11.1. The van der Waals surface area contributed by atoms with Gasteiger partial charge in [-0.25, -0.2) is 8.42 Å². The van der Waals surface area contributed by atoms with E-state index in [9.17, 15) is 18.0 Å². The molecule has 0 unspecified atom stereocenters. The summed E-state index contributed by atoms with van der Waals surface area (Å²) in [5.74, 6) is -0.581. The van der Waals surface area contributed by atoms with E-state index in [2.05, 4.69) is 5.32 Å². The topological polar surface area (TPSA) is 105 Å². The summed E-state index contributed by atoms with van der Waals surface area (Å²) in [6.45, 7) is 0.730. The van der Waals surface area contributed by atoms with Gasteiger partial charge in [0.25, 0.3) is 10.0 Å². The molecule has 0 radical (unpaired) electrons. The Balaban J connectivity index is 2.15. The summed E-state index contributed by atoms with van der Waals surface area (Å²) in [6, 6.07) is 16.2. The van der Waals surface area contributed by atoms with Crippen LogP contribution in [0.5, 0.6) is 11.5 Å². The van der Waals surface area contributed by atoms with Crippen LogP contribution >= 0.6 is 23.2 Å². The maximum atomic E-state index is 13.9. The van der Waals surface area contributed by atoms with E-state index in [4.69, 9.17) is 32.7 Å². The van der Waals surface area contributed by atoms with Gasteiger partial charge >= 0.3 is 0 Å². The van der Waals surface area contributed by atoms with E-state index in [1.165, 1.54) is 51.3 Å². The summed E-state index contributed by atoms with van der Waals surface area (Å²) < 4.78 is 39.5. The second kappa shape index (κ2) is 13.1. The maximum absolute atomic E-state index is 13.9. The number of sulfonamides is 1. The number of ether oxygens (including phenoxy) is 2. The van der Waals surface area contributed by atoms with Crippen molar-refractivity contribution in [3.63, 3.8) is 0 Å². The van der Waals surface area contributed by atoms with Gasteiger partial charge in [-0.05, 0) is 43.3 Å². The molecule has 208 valence electrons. The number of halogens is 2. The lowest BCUT2D eigenvalue weighted by molar-refractivity contribution is -0.139. The number of carbonyl (C=O) groups is 2. The zero-order valence-corrected chi connectivity index (χ0v) is 24.2. The zero-order valence-electron chi connectivity index (χ0n) is 21.9. The number of anilines is 1. The minimum atomic E-state index is -4.28. The molecule has 1 N–H and O–H groups in total. The number of nitrogens with one attached hydrogen (secondary N) is 1. The normalized spacial score (nSPS) is 11.8. The van der Waals surface area contributed by atoms with Crippen LogP contribution in [0.3, 0.4) is 0 Å². The Morgan fingerprint density at radius 2 is 1.59 bits per heavy atom. The van der Waals surface area contributed by atoms with Crippen LogP contribution in [-0.4, -0.2) is 59.0 Å². The molecule has 0 aromatic heterocycles. The highest BCUT2D eigenvalue weighted by atomic mass is 35.5. The molecule has 3 aromatic carbocycles. The highest BCUT2D eigenvalue weighted by molar-refractivity contribution is 7.92. The van der Waals surface area contributed by atoms with Crippen LogP contribution in [0.2, 0.25) is 10.0 Å². The Bertz CT molecular complexity index is 1420. The summed E-state index contributed by atoms with van der Waals surface area (Å²) in [4.78, 5) is 27.8. The molecule has 3 aromatic rings. The molecule has 0 fully saturated rings.